The molecule has 138 valence electrons. The highest BCUT2D eigenvalue weighted by Crippen LogP contribution is 2.29. The molecule has 1 saturated heterocycles. The second-order valence-electron chi connectivity index (χ2n) is 7.36. The van der Waals surface area contributed by atoms with Crippen molar-refractivity contribution in [2.24, 2.45) is 11.7 Å². The first-order chi connectivity index (χ1) is 12.2. The van der Waals surface area contributed by atoms with Crippen LogP contribution in [0.5, 0.6) is 5.75 Å². The van der Waals surface area contributed by atoms with Crippen molar-refractivity contribution in [3.63, 3.8) is 0 Å². The van der Waals surface area contributed by atoms with Gasteiger partial charge in [0.2, 0.25) is 0 Å². The zero-order valence-electron chi connectivity index (χ0n) is 15.2. The van der Waals surface area contributed by atoms with Crippen LogP contribution in [0.25, 0.3) is 0 Å². The molecule has 1 heterocycles. The van der Waals surface area contributed by atoms with Crippen molar-refractivity contribution in [3.05, 3.63) is 24.3 Å². The predicted octanol–water partition coefficient (Wildman–Crippen LogP) is 3.63. The quantitative estimate of drug-likeness (QED) is 0.855. The molecule has 5 heteroatoms. The van der Waals surface area contributed by atoms with E-state index in [0.717, 1.165) is 37.8 Å². The molecule has 1 aromatic rings. The number of carbonyl (C=O) groups excluding carboxylic acids is 1. The van der Waals surface area contributed by atoms with Crippen LogP contribution in [0.4, 0.5) is 10.5 Å². The van der Waals surface area contributed by atoms with Gasteiger partial charge in [0.25, 0.3) is 0 Å². The highest BCUT2D eigenvalue weighted by Gasteiger charge is 2.20. The maximum Gasteiger partial charge on any atom is 0.410 e. The number of ether oxygens (including phenoxy) is 1. The van der Waals surface area contributed by atoms with E-state index in [9.17, 15) is 4.79 Å². The molecule has 1 aromatic carbocycles. The number of nitrogens with zero attached hydrogens (tertiary/aromatic N) is 2. The van der Waals surface area contributed by atoms with Gasteiger partial charge in [-0.2, -0.15) is 0 Å². The van der Waals surface area contributed by atoms with Gasteiger partial charge in [-0.1, -0.05) is 44.2 Å². The molecule has 0 spiro atoms. The van der Waals surface area contributed by atoms with Gasteiger partial charge in [0.1, 0.15) is 0 Å². The van der Waals surface area contributed by atoms with Crippen LogP contribution in [0.15, 0.2) is 24.3 Å². The number of para-hydroxylation sites is 2. The van der Waals surface area contributed by atoms with Gasteiger partial charge in [-0.3, -0.25) is 4.90 Å². The molecule has 0 atom stereocenters. The van der Waals surface area contributed by atoms with Gasteiger partial charge in [0.05, 0.1) is 5.69 Å². The number of amides is 1. The summed E-state index contributed by atoms with van der Waals surface area (Å²) in [6.45, 7) is 5.26. The lowest BCUT2D eigenvalue weighted by Gasteiger charge is -2.36. The van der Waals surface area contributed by atoms with E-state index in [0.29, 0.717) is 5.75 Å². The zero-order valence-corrected chi connectivity index (χ0v) is 15.2. The van der Waals surface area contributed by atoms with Crippen molar-refractivity contribution < 1.29 is 9.53 Å². The number of carbonyl (C=O) groups is 1. The summed E-state index contributed by atoms with van der Waals surface area (Å²) in [4.78, 5) is 15.9. The molecular weight excluding hydrogens is 314 g/mol. The molecule has 0 aromatic heterocycles. The van der Waals surface area contributed by atoms with Gasteiger partial charge in [0.15, 0.2) is 5.75 Å². The Morgan fingerprint density at radius 3 is 2.52 bits per heavy atom. The van der Waals surface area contributed by atoms with Crippen molar-refractivity contribution in [1.82, 2.24) is 4.90 Å². The maximum absolute atomic E-state index is 11.1. The normalized spacial score (nSPS) is 19.8. The Hall–Kier alpha value is -1.75. The molecule has 2 N–H and O–H groups in total. The van der Waals surface area contributed by atoms with Crippen LogP contribution in [0.3, 0.4) is 0 Å². The number of primary amides is 1. The van der Waals surface area contributed by atoms with Crippen LogP contribution < -0.4 is 15.4 Å². The topological polar surface area (TPSA) is 58.8 Å². The van der Waals surface area contributed by atoms with E-state index in [1.165, 1.54) is 51.5 Å². The number of hydrogen-bond acceptors (Lipinski definition) is 4. The fourth-order valence-corrected chi connectivity index (χ4v) is 4.20. The number of hydrogen-bond donors (Lipinski definition) is 1. The Morgan fingerprint density at radius 1 is 1.08 bits per heavy atom. The summed E-state index contributed by atoms with van der Waals surface area (Å²) in [5.74, 6) is 1.54. The van der Waals surface area contributed by atoms with Crippen LogP contribution in [-0.2, 0) is 0 Å². The smallest absolute Gasteiger partial charge is 0.408 e. The van der Waals surface area contributed by atoms with Crippen LogP contribution >= 0.6 is 0 Å². The lowest BCUT2D eigenvalue weighted by Crippen LogP contribution is -2.46. The predicted molar refractivity (Wildman–Crippen MR) is 101 cm³/mol. The van der Waals surface area contributed by atoms with Crippen molar-refractivity contribution in [1.29, 1.82) is 0 Å². The summed E-state index contributed by atoms with van der Waals surface area (Å²) in [7, 11) is 0. The molecule has 1 aliphatic carbocycles. The molecule has 0 radical (unpaired) electrons. The number of rotatable bonds is 6. The third-order valence-corrected chi connectivity index (χ3v) is 5.60. The zero-order chi connectivity index (χ0) is 17.5. The molecule has 2 aliphatic rings. The fraction of sp³-hybridized carbons (Fsp3) is 0.650. The van der Waals surface area contributed by atoms with Gasteiger partial charge in [0, 0.05) is 26.2 Å². The molecular formula is C20H31N3O2. The molecule has 3 rings (SSSR count). The Bertz CT molecular complexity index is 550. The monoisotopic (exact) mass is 345 g/mol. The molecule has 0 bridgehead atoms. The second kappa shape index (κ2) is 9.09. The van der Waals surface area contributed by atoms with E-state index in [-0.39, 0.29) is 0 Å². The lowest BCUT2D eigenvalue weighted by molar-refractivity contribution is 0.210. The van der Waals surface area contributed by atoms with E-state index >= 15 is 0 Å². The SMILES string of the molecule is NC(=O)Oc1ccccc1N1CCN(CCCC2CCCCC2)CC1. The van der Waals surface area contributed by atoms with E-state index < -0.39 is 6.09 Å². The molecule has 2 fully saturated rings. The minimum atomic E-state index is -0.756. The minimum Gasteiger partial charge on any atom is -0.408 e. The second-order valence-corrected chi connectivity index (χ2v) is 7.36. The largest absolute Gasteiger partial charge is 0.410 e. The summed E-state index contributed by atoms with van der Waals surface area (Å²) >= 11 is 0. The first-order valence-corrected chi connectivity index (χ1v) is 9.76. The number of benzene rings is 1. The van der Waals surface area contributed by atoms with Crippen molar-refractivity contribution >= 4 is 11.8 Å². The van der Waals surface area contributed by atoms with Gasteiger partial charge in [-0.05, 0) is 37.4 Å². The third-order valence-electron chi connectivity index (χ3n) is 5.60. The van der Waals surface area contributed by atoms with Crippen LogP contribution in [-0.4, -0.2) is 43.7 Å². The Labute approximate surface area is 151 Å². The first kappa shape index (κ1) is 18.1. The van der Waals surface area contributed by atoms with Crippen LogP contribution in [0.2, 0.25) is 0 Å². The van der Waals surface area contributed by atoms with Gasteiger partial charge in [-0.15, -0.1) is 0 Å². The van der Waals surface area contributed by atoms with Gasteiger partial charge in [-0.25, -0.2) is 4.79 Å². The van der Waals surface area contributed by atoms with Crippen molar-refractivity contribution in [2.45, 2.75) is 44.9 Å². The Balaban J connectivity index is 1.43. The van der Waals surface area contributed by atoms with Gasteiger partial charge < -0.3 is 15.4 Å². The molecule has 1 amide bonds. The molecule has 25 heavy (non-hydrogen) atoms. The van der Waals surface area contributed by atoms with E-state index in [4.69, 9.17) is 10.5 Å². The van der Waals surface area contributed by atoms with E-state index in [1.54, 1.807) is 6.07 Å². The molecule has 1 saturated carbocycles. The molecule has 5 nitrogen and oxygen atoms in total. The molecule has 0 unspecified atom stereocenters. The average Bonchev–Trinajstić information content (AvgIpc) is 2.63. The molecule has 1 aliphatic heterocycles. The summed E-state index contributed by atoms with van der Waals surface area (Å²) in [6.07, 6.45) is 9.19. The summed E-state index contributed by atoms with van der Waals surface area (Å²) < 4.78 is 5.14. The van der Waals surface area contributed by atoms with E-state index in [1.807, 2.05) is 18.2 Å². The highest BCUT2D eigenvalue weighted by molar-refractivity contribution is 5.72. The fourth-order valence-electron chi connectivity index (χ4n) is 4.20. The highest BCUT2D eigenvalue weighted by atomic mass is 16.5. The van der Waals surface area contributed by atoms with Crippen LogP contribution in [0.1, 0.15) is 44.9 Å². The first-order valence-electron chi connectivity index (χ1n) is 9.76. The number of anilines is 1. The summed E-state index contributed by atoms with van der Waals surface area (Å²) in [5, 5.41) is 0. The third kappa shape index (κ3) is 5.36. The maximum atomic E-state index is 11.1. The van der Waals surface area contributed by atoms with Crippen molar-refractivity contribution in [3.8, 4) is 5.75 Å². The van der Waals surface area contributed by atoms with Crippen molar-refractivity contribution in [2.75, 3.05) is 37.6 Å². The standard InChI is InChI=1S/C20H31N3O2/c21-20(24)25-19-11-5-4-10-18(19)23-15-13-22(14-16-23)12-6-9-17-7-2-1-3-8-17/h4-5,10-11,17H,1-3,6-9,12-16H2,(H2,21,24). The van der Waals surface area contributed by atoms with Gasteiger partial charge >= 0.3 is 6.09 Å². The van der Waals surface area contributed by atoms with E-state index in [2.05, 4.69) is 9.80 Å². The Kier molecular flexibility index (Phi) is 6.56. The number of piperazine rings is 1. The lowest BCUT2D eigenvalue weighted by atomic mass is 9.86. The summed E-state index contributed by atoms with van der Waals surface area (Å²) in [5.41, 5.74) is 6.13. The minimum absolute atomic E-state index is 0.556. The number of nitrogens with two attached hydrogens (primary N) is 1. The summed E-state index contributed by atoms with van der Waals surface area (Å²) in [6, 6.07) is 7.64. The van der Waals surface area contributed by atoms with Crippen LogP contribution in [0, 0.1) is 5.92 Å². The average molecular weight is 345 g/mol. The Morgan fingerprint density at radius 2 is 1.80 bits per heavy atom.